The Kier molecular flexibility index (Phi) is 3.96. The molecule has 3 aromatic rings. The summed E-state index contributed by atoms with van der Waals surface area (Å²) in [5.74, 6) is -0.231. The van der Waals surface area contributed by atoms with Crippen LogP contribution in [-0.2, 0) is 0 Å². The van der Waals surface area contributed by atoms with Crippen LogP contribution in [0.25, 0.3) is 10.8 Å². The Morgan fingerprint density at radius 1 is 1.12 bits per heavy atom. The molecule has 122 valence electrons. The molecule has 0 spiro atoms. The van der Waals surface area contributed by atoms with Crippen LogP contribution < -0.4 is 10.6 Å². The van der Waals surface area contributed by atoms with Crippen LogP contribution in [0.5, 0.6) is 0 Å². The Hall–Kier alpha value is -2.73. The number of nitrogens with zero attached hydrogens (tertiary/aromatic N) is 3. The van der Waals surface area contributed by atoms with Crippen molar-refractivity contribution in [2.45, 2.75) is 18.9 Å². The molecule has 24 heavy (non-hydrogen) atoms. The molecule has 6 nitrogen and oxygen atoms in total. The van der Waals surface area contributed by atoms with Crippen molar-refractivity contribution in [2.24, 2.45) is 0 Å². The number of amides is 1. The van der Waals surface area contributed by atoms with E-state index in [4.69, 9.17) is 0 Å². The highest BCUT2D eigenvalue weighted by atomic mass is 16.2. The van der Waals surface area contributed by atoms with Gasteiger partial charge in [0.25, 0.3) is 5.91 Å². The lowest BCUT2D eigenvalue weighted by molar-refractivity contribution is 0.102. The molecule has 1 fully saturated rings. The van der Waals surface area contributed by atoms with Gasteiger partial charge in [-0.15, -0.1) is 5.10 Å². The van der Waals surface area contributed by atoms with Gasteiger partial charge >= 0.3 is 0 Å². The molecular weight excluding hydrogens is 302 g/mol. The largest absolute Gasteiger partial charge is 0.321 e. The summed E-state index contributed by atoms with van der Waals surface area (Å²) in [4.78, 5) is 14.1. The summed E-state index contributed by atoms with van der Waals surface area (Å²) in [5.41, 5.74) is 1.11. The number of rotatable bonds is 3. The number of piperidine rings is 1. The van der Waals surface area contributed by atoms with E-state index in [1.54, 1.807) is 11.0 Å². The number of hydrogen-bond donors (Lipinski definition) is 2. The summed E-state index contributed by atoms with van der Waals surface area (Å²) in [6.45, 7) is 1.93. The monoisotopic (exact) mass is 321 g/mol. The van der Waals surface area contributed by atoms with Crippen LogP contribution in [0.3, 0.4) is 0 Å². The van der Waals surface area contributed by atoms with Crippen molar-refractivity contribution in [1.29, 1.82) is 0 Å². The first-order chi connectivity index (χ1) is 11.8. The summed E-state index contributed by atoms with van der Waals surface area (Å²) < 4.78 is 0. The first kappa shape index (κ1) is 14.8. The molecule has 1 aliphatic heterocycles. The lowest BCUT2D eigenvalue weighted by Gasteiger charge is -2.21. The van der Waals surface area contributed by atoms with Gasteiger partial charge in [0.2, 0.25) is 0 Å². The van der Waals surface area contributed by atoms with Crippen LogP contribution in [-0.4, -0.2) is 34.0 Å². The lowest BCUT2D eigenvalue weighted by atomic mass is 10.1. The molecule has 2 N–H and O–H groups in total. The second-order valence-corrected chi connectivity index (χ2v) is 6.05. The van der Waals surface area contributed by atoms with Gasteiger partial charge in [0.15, 0.2) is 5.69 Å². The van der Waals surface area contributed by atoms with Crippen molar-refractivity contribution in [3.63, 3.8) is 0 Å². The van der Waals surface area contributed by atoms with Gasteiger partial charge in [0.1, 0.15) is 0 Å². The maximum absolute atomic E-state index is 12.4. The summed E-state index contributed by atoms with van der Waals surface area (Å²) >= 11 is 0. The van der Waals surface area contributed by atoms with E-state index in [9.17, 15) is 4.79 Å². The molecule has 1 saturated heterocycles. The van der Waals surface area contributed by atoms with Gasteiger partial charge in [0, 0.05) is 5.69 Å². The first-order valence-corrected chi connectivity index (χ1v) is 8.22. The van der Waals surface area contributed by atoms with Crippen molar-refractivity contribution in [2.75, 3.05) is 18.4 Å². The van der Waals surface area contributed by atoms with Crippen molar-refractivity contribution in [3.8, 4) is 0 Å². The minimum Gasteiger partial charge on any atom is -0.321 e. The number of benzene rings is 2. The van der Waals surface area contributed by atoms with Crippen LogP contribution in [0, 0.1) is 0 Å². The third kappa shape index (κ3) is 3.00. The van der Waals surface area contributed by atoms with E-state index in [1.807, 2.05) is 42.5 Å². The lowest BCUT2D eigenvalue weighted by Crippen LogP contribution is -2.30. The molecule has 1 aliphatic rings. The highest BCUT2D eigenvalue weighted by Crippen LogP contribution is 2.20. The van der Waals surface area contributed by atoms with Crippen molar-refractivity contribution in [1.82, 2.24) is 20.3 Å². The average molecular weight is 321 g/mol. The Balaban J connectivity index is 1.49. The number of aromatic nitrogens is 3. The van der Waals surface area contributed by atoms with Crippen LogP contribution in [0.15, 0.2) is 48.7 Å². The normalized spacial score (nSPS) is 15.5. The summed E-state index contributed by atoms with van der Waals surface area (Å²) in [6, 6.07) is 14.2. The molecule has 0 aliphatic carbocycles. The molecule has 0 saturated carbocycles. The van der Waals surface area contributed by atoms with Gasteiger partial charge < -0.3 is 10.6 Å². The average Bonchev–Trinajstić information content (AvgIpc) is 3.13. The highest BCUT2D eigenvalue weighted by molar-refractivity contribution is 6.03. The number of carbonyl (C=O) groups excluding carboxylic acids is 1. The topological polar surface area (TPSA) is 71.8 Å². The fourth-order valence-electron chi connectivity index (χ4n) is 3.06. The fraction of sp³-hybridized carbons (Fsp3) is 0.278. The van der Waals surface area contributed by atoms with Crippen molar-refractivity contribution >= 4 is 22.4 Å². The summed E-state index contributed by atoms with van der Waals surface area (Å²) in [7, 11) is 0. The third-order valence-electron chi connectivity index (χ3n) is 4.38. The smallest absolute Gasteiger partial charge is 0.277 e. The van der Waals surface area contributed by atoms with E-state index in [0.29, 0.717) is 5.69 Å². The van der Waals surface area contributed by atoms with E-state index >= 15 is 0 Å². The van der Waals surface area contributed by atoms with E-state index in [-0.39, 0.29) is 11.9 Å². The number of carbonyl (C=O) groups is 1. The molecule has 0 radical (unpaired) electrons. The molecule has 0 unspecified atom stereocenters. The standard InChI is InChI=1S/C18H19N5O/c24-18(17-12-20-23(22-17)16-7-9-19-10-8-16)21-15-6-5-13-3-1-2-4-14(13)11-15/h1-6,11-12,16,19H,7-10H2,(H,21,24). The zero-order valence-corrected chi connectivity index (χ0v) is 13.3. The van der Waals surface area contributed by atoms with Gasteiger partial charge in [-0.2, -0.15) is 9.90 Å². The number of anilines is 1. The fourth-order valence-corrected chi connectivity index (χ4v) is 3.06. The predicted molar refractivity (Wildman–Crippen MR) is 93.1 cm³/mol. The zero-order valence-electron chi connectivity index (χ0n) is 13.3. The molecule has 1 aromatic heterocycles. The molecule has 2 heterocycles. The quantitative estimate of drug-likeness (QED) is 0.778. The Labute approximate surface area is 139 Å². The second kappa shape index (κ2) is 6.41. The highest BCUT2D eigenvalue weighted by Gasteiger charge is 2.19. The minimum atomic E-state index is -0.231. The van der Waals surface area contributed by atoms with Crippen molar-refractivity contribution < 1.29 is 4.79 Å². The van der Waals surface area contributed by atoms with Gasteiger partial charge in [-0.3, -0.25) is 4.79 Å². The zero-order chi connectivity index (χ0) is 16.4. The summed E-state index contributed by atoms with van der Waals surface area (Å²) in [6.07, 6.45) is 3.51. The Morgan fingerprint density at radius 2 is 1.92 bits per heavy atom. The first-order valence-electron chi connectivity index (χ1n) is 8.22. The number of fused-ring (bicyclic) bond motifs is 1. The maximum atomic E-state index is 12.4. The van der Waals surface area contributed by atoms with Gasteiger partial charge in [-0.1, -0.05) is 30.3 Å². The summed E-state index contributed by atoms with van der Waals surface area (Å²) in [5, 5.41) is 17.1. The molecule has 1 amide bonds. The van der Waals surface area contributed by atoms with Gasteiger partial charge in [-0.25, -0.2) is 0 Å². The molecule has 0 bridgehead atoms. The minimum absolute atomic E-state index is 0.231. The van der Waals surface area contributed by atoms with Gasteiger partial charge in [0.05, 0.1) is 12.2 Å². The van der Waals surface area contributed by atoms with Crippen LogP contribution in [0.4, 0.5) is 5.69 Å². The Bertz CT molecular complexity index is 866. The predicted octanol–water partition coefficient (Wildman–Crippen LogP) is 2.61. The number of hydrogen-bond acceptors (Lipinski definition) is 4. The van der Waals surface area contributed by atoms with E-state index < -0.39 is 0 Å². The van der Waals surface area contributed by atoms with Crippen LogP contribution in [0.2, 0.25) is 0 Å². The van der Waals surface area contributed by atoms with E-state index in [2.05, 4.69) is 20.8 Å². The number of nitrogens with one attached hydrogen (secondary N) is 2. The molecular formula is C18H19N5O. The molecule has 2 aromatic carbocycles. The molecule has 6 heteroatoms. The molecule has 4 rings (SSSR count). The van der Waals surface area contributed by atoms with E-state index in [0.717, 1.165) is 42.4 Å². The van der Waals surface area contributed by atoms with Crippen LogP contribution in [0.1, 0.15) is 29.4 Å². The Morgan fingerprint density at radius 3 is 2.75 bits per heavy atom. The second-order valence-electron chi connectivity index (χ2n) is 6.05. The van der Waals surface area contributed by atoms with E-state index in [1.165, 1.54) is 0 Å². The van der Waals surface area contributed by atoms with Gasteiger partial charge in [-0.05, 0) is 48.8 Å². The van der Waals surface area contributed by atoms with Crippen LogP contribution >= 0.6 is 0 Å². The SMILES string of the molecule is O=C(Nc1ccc2ccccc2c1)c1cnn(C2CCNCC2)n1. The van der Waals surface area contributed by atoms with Crippen molar-refractivity contribution in [3.05, 3.63) is 54.4 Å². The molecule has 0 atom stereocenters. The third-order valence-corrected chi connectivity index (χ3v) is 4.38. The maximum Gasteiger partial charge on any atom is 0.277 e.